The molecule has 1 saturated heterocycles. The van der Waals surface area contributed by atoms with Gasteiger partial charge in [-0.05, 0) is 17.8 Å². The molecule has 1 aliphatic carbocycles. The van der Waals surface area contributed by atoms with Gasteiger partial charge in [0.1, 0.15) is 0 Å². The van der Waals surface area contributed by atoms with E-state index in [1.54, 1.807) is 0 Å². The molecule has 80 valence electrons. The molecular weight excluding hydrogens is 180 g/mol. The Morgan fingerprint density at radius 3 is 2.71 bits per heavy atom. The second-order valence-electron chi connectivity index (χ2n) is 4.65. The molecule has 1 amide bonds. The van der Waals surface area contributed by atoms with Crippen LogP contribution in [-0.2, 0) is 4.74 Å². The maximum absolute atomic E-state index is 11.3. The van der Waals surface area contributed by atoms with Gasteiger partial charge in [0.25, 0.3) is 0 Å². The number of hydrogen-bond acceptors (Lipinski definition) is 3. The average molecular weight is 198 g/mol. The molecule has 2 rings (SSSR count). The van der Waals surface area contributed by atoms with Gasteiger partial charge in [-0.2, -0.15) is 0 Å². The molecule has 1 aliphatic heterocycles. The SMILES string of the molecule is CC(C)COC(=O)NC1C2CNCC21. The van der Waals surface area contributed by atoms with E-state index in [1.165, 1.54) is 0 Å². The summed E-state index contributed by atoms with van der Waals surface area (Å²) in [5.74, 6) is 1.71. The van der Waals surface area contributed by atoms with Gasteiger partial charge in [-0.1, -0.05) is 13.8 Å². The summed E-state index contributed by atoms with van der Waals surface area (Å²) >= 11 is 0. The zero-order valence-corrected chi connectivity index (χ0v) is 8.75. The highest BCUT2D eigenvalue weighted by atomic mass is 16.5. The molecule has 2 atom stereocenters. The van der Waals surface area contributed by atoms with Crippen molar-refractivity contribution in [3.8, 4) is 0 Å². The predicted octanol–water partition coefficient (Wildman–Crippen LogP) is 0.586. The Kier molecular flexibility index (Phi) is 2.63. The van der Waals surface area contributed by atoms with Gasteiger partial charge in [-0.15, -0.1) is 0 Å². The lowest BCUT2D eigenvalue weighted by molar-refractivity contribution is 0.131. The van der Waals surface area contributed by atoms with E-state index in [1.807, 2.05) is 13.8 Å². The average Bonchev–Trinajstić information content (AvgIpc) is 2.63. The van der Waals surface area contributed by atoms with E-state index in [2.05, 4.69) is 10.6 Å². The number of piperidine rings is 1. The van der Waals surface area contributed by atoms with Gasteiger partial charge < -0.3 is 15.4 Å². The number of alkyl carbamates (subject to hydrolysis) is 1. The number of amides is 1. The van der Waals surface area contributed by atoms with Crippen molar-refractivity contribution in [1.29, 1.82) is 0 Å². The van der Waals surface area contributed by atoms with Crippen LogP contribution < -0.4 is 10.6 Å². The number of rotatable bonds is 3. The molecule has 0 spiro atoms. The van der Waals surface area contributed by atoms with Crippen molar-refractivity contribution in [2.75, 3.05) is 19.7 Å². The smallest absolute Gasteiger partial charge is 0.407 e. The summed E-state index contributed by atoms with van der Waals surface area (Å²) in [5, 5.41) is 6.19. The molecule has 0 bridgehead atoms. The highest BCUT2D eigenvalue weighted by Crippen LogP contribution is 2.41. The molecule has 2 unspecified atom stereocenters. The Morgan fingerprint density at radius 2 is 2.14 bits per heavy atom. The maximum atomic E-state index is 11.3. The first-order valence-corrected chi connectivity index (χ1v) is 5.32. The highest BCUT2D eigenvalue weighted by molar-refractivity contribution is 5.68. The Morgan fingerprint density at radius 1 is 1.50 bits per heavy atom. The quantitative estimate of drug-likeness (QED) is 0.697. The first-order chi connectivity index (χ1) is 6.68. The molecule has 4 nitrogen and oxygen atoms in total. The van der Waals surface area contributed by atoms with Crippen LogP contribution in [0, 0.1) is 17.8 Å². The fourth-order valence-electron chi connectivity index (χ4n) is 2.05. The molecule has 1 heterocycles. The lowest BCUT2D eigenvalue weighted by Gasteiger charge is -2.10. The third-order valence-electron chi connectivity index (χ3n) is 2.92. The fraction of sp³-hybridized carbons (Fsp3) is 0.900. The van der Waals surface area contributed by atoms with Gasteiger partial charge in [0.15, 0.2) is 0 Å². The molecule has 4 heteroatoms. The summed E-state index contributed by atoms with van der Waals surface area (Å²) in [6.07, 6.45) is -0.252. The van der Waals surface area contributed by atoms with Gasteiger partial charge in [0.2, 0.25) is 0 Å². The summed E-state index contributed by atoms with van der Waals surface area (Å²) in [5.41, 5.74) is 0. The van der Waals surface area contributed by atoms with Crippen molar-refractivity contribution in [3.05, 3.63) is 0 Å². The monoisotopic (exact) mass is 198 g/mol. The second kappa shape index (κ2) is 3.77. The van der Waals surface area contributed by atoms with Crippen LogP contribution in [0.1, 0.15) is 13.8 Å². The summed E-state index contributed by atoms with van der Waals surface area (Å²) in [7, 11) is 0. The standard InChI is InChI=1S/C10H18N2O2/c1-6(2)5-14-10(13)12-9-7-3-11-4-8(7)9/h6-9,11H,3-5H2,1-2H3,(H,12,13). The number of nitrogens with one attached hydrogen (secondary N) is 2. The fourth-order valence-corrected chi connectivity index (χ4v) is 2.05. The van der Waals surface area contributed by atoms with Crippen LogP contribution in [-0.4, -0.2) is 31.8 Å². The van der Waals surface area contributed by atoms with E-state index in [-0.39, 0.29) is 6.09 Å². The van der Waals surface area contributed by atoms with E-state index in [4.69, 9.17) is 4.74 Å². The van der Waals surface area contributed by atoms with Crippen molar-refractivity contribution in [2.45, 2.75) is 19.9 Å². The van der Waals surface area contributed by atoms with Crippen molar-refractivity contribution >= 4 is 6.09 Å². The molecule has 1 saturated carbocycles. The zero-order valence-electron chi connectivity index (χ0n) is 8.75. The van der Waals surface area contributed by atoms with Crippen molar-refractivity contribution in [3.63, 3.8) is 0 Å². The van der Waals surface area contributed by atoms with Crippen molar-refractivity contribution in [2.24, 2.45) is 17.8 Å². The molecule has 14 heavy (non-hydrogen) atoms. The molecule has 0 aromatic heterocycles. The van der Waals surface area contributed by atoms with E-state index in [0.29, 0.717) is 30.4 Å². The Balaban J connectivity index is 1.64. The molecular formula is C10H18N2O2. The number of fused-ring (bicyclic) bond motifs is 1. The van der Waals surface area contributed by atoms with Crippen LogP contribution in [0.3, 0.4) is 0 Å². The molecule has 2 fully saturated rings. The summed E-state index contributed by atoms with van der Waals surface area (Å²) < 4.78 is 5.05. The van der Waals surface area contributed by atoms with E-state index >= 15 is 0 Å². The van der Waals surface area contributed by atoms with Gasteiger partial charge in [0, 0.05) is 19.1 Å². The third kappa shape index (κ3) is 2.00. The molecule has 2 aliphatic rings. The van der Waals surface area contributed by atoms with Gasteiger partial charge >= 0.3 is 6.09 Å². The predicted molar refractivity (Wildman–Crippen MR) is 53.0 cm³/mol. The molecule has 2 N–H and O–H groups in total. The normalized spacial score (nSPS) is 34.1. The molecule has 0 aromatic carbocycles. The maximum Gasteiger partial charge on any atom is 0.407 e. The number of carbonyl (C=O) groups excluding carboxylic acids is 1. The van der Waals surface area contributed by atoms with Crippen LogP contribution in [0.15, 0.2) is 0 Å². The molecule has 0 radical (unpaired) electrons. The second-order valence-corrected chi connectivity index (χ2v) is 4.65. The Labute approximate surface area is 84.4 Å². The minimum atomic E-state index is -0.252. The van der Waals surface area contributed by atoms with E-state index in [9.17, 15) is 4.79 Å². The summed E-state index contributed by atoms with van der Waals surface area (Å²) in [6, 6.07) is 0.371. The van der Waals surface area contributed by atoms with Crippen LogP contribution in [0.5, 0.6) is 0 Å². The first kappa shape index (κ1) is 9.77. The van der Waals surface area contributed by atoms with Gasteiger partial charge in [-0.3, -0.25) is 0 Å². The van der Waals surface area contributed by atoms with Gasteiger partial charge in [0.05, 0.1) is 6.61 Å². The lowest BCUT2D eigenvalue weighted by Crippen LogP contribution is -2.33. The number of carbonyl (C=O) groups is 1. The Hall–Kier alpha value is -0.770. The molecule has 0 aromatic rings. The Bertz CT molecular complexity index is 220. The van der Waals surface area contributed by atoms with Crippen molar-refractivity contribution < 1.29 is 9.53 Å². The van der Waals surface area contributed by atoms with Gasteiger partial charge in [-0.25, -0.2) is 4.79 Å². The highest BCUT2D eigenvalue weighted by Gasteiger charge is 2.53. The lowest BCUT2D eigenvalue weighted by atomic mass is 10.2. The van der Waals surface area contributed by atoms with Crippen LogP contribution >= 0.6 is 0 Å². The van der Waals surface area contributed by atoms with E-state index < -0.39 is 0 Å². The van der Waals surface area contributed by atoms with E-state index in [0.717, 1.165) is 13.1 Å². The largest absolute Gasteiger partial charge is 0.449 e. The zero-order chi connectivity index (χ0) is 10.1. The minimum Gasteiger partial charge on any atom is -0.449 e. The van der Waals surface area contributed by atoms with Crippen LogP contribution in [0.4, 0.5) is 4.79 Å². The summed E-state index contributed by atoms with van der Waals surface area (Å²) in [6.45, 7) is 6.65. The topological polar surface area (TPSA) is 50.4 Å². The number of hydrogen-bond donors (Lipinski definition) is 2. The minimum absolute atomic E-state index is 0.252. The van der Waals surface area contributed by atoms with Crippen LogP contribution in [0.25, 0.3) is 0 Å². The van der Waals surface area contributed by atoms with Crippen molar-refractivity contribution in [1.82, 2.24) is 10.6 Å². The van der Waals surface area contributed by atoms with Crippen LogP contribution in [0.2, 0.25) is 0 Å². The third-order valence-corrected chi connectivity index (χ3v) is 2.92. The summed E-state index contributed by atoms with van der Waals surface area (Å²) in [4.78, 5) is 11.3. The number of ether oxygens (including phenoxy) is 1. The first-order valence-electron chi connectivity index (χ1n) is 5.32.